The molecule has 1 aromatic carbocycles. The molecule has 0 fully saturated rings. The number of halogens is 1. The number of aliphatic carboxylic acids is 1. The van der Waals surface area contributed by atoms with Gasteiger partial charge in [-0.05, 0) is 30.0 Å². The highest BCUT2D eigenvalue weighted by Crippen LogP contribution is 2.22. The normalized spacial score (nSPS) is 9.85. The maximum atomic E-state index is 10.5. The van der Waals surface area contributed by atoms with Crippen LogP contribution in [0.4, 0.5) is 0 Å². The summed E-state index contributed by atoms with van der Waals surface area (Å²) < 4.78 is 0. The highest BCUT2D eigenvalue weighted by atomic mass is 35.5. The number of aryl methyl sites for hydroxylation is 2. The van der Waals surface area contributed by atoms with Gasteiger partial charge in [-0.1, -0.05) is 37.3 Å². The van der Waals surface area contributed by atoms with Crippen LogP contribution in [0, 0.1) is 0 Å². The Labute approximate surface area is 125 Å². The van der Waals surface area contributed by atoms with E-state index in [1.165, 1.54) is 5.56 Å². The molecule has 0 radical (unpaired) electrons. The van der Waals surface area contributed by atoms with Crippen molar-refractivity contribution in [3.05, 3.63) is 53.7 Å². The van der Waals surface area contributed by atoms with E-state index >= 15 is 0 Å². The fourth-order valence-electron chi connectivity index (χ4n) is 2.06. The molecular weight excluding hydrogens is 274 g/mol. The Morgan fingerprint density at radius 3 is 2.55 bits per heavy atom. The maximum Gasteiger partial charge on any atom is 0.303 e. The topological polar surface area (TPSA) is 50.2 Å². The lowest BCUT2D eigenvalue weighted by Crippen LogP contribution is -1.98. The van der Waals surface area contributed by atoms with E-state index in [-0.39, 0.29) is 18.8 Å². The minimum absolute atomic E-state index is 0. The molecule has 0 aliphatic rings. The number of pyridine rings is 1. The molecule has 4 heteroatoms. The van der Waals surface area contributed by atoms with Gasteiger partial charge in [0.25, 0.3) is 0 Å². The average molecular weight is 292 g/mol. The Morgan fingerprint density at radius 1 is 1.20 bits per heavy atom. The summed E-state index contributed by atoms with van der Waals surface area (Å²) >= 11 is 0. The summed E-state index contributed by atoms with van der Waals surface area (Å²) in [6.45, 7) is 2.13. The van der Waals surface area contributed by atoms with Crippen LogP contribution in [0.25, 0.3) is 11.3 Å². The van der Waals surface area contributed by atoms with Crippen molar-refractivity contribution in [2.45, 2.75) is 26.2 Å². The summed E-state index contributed by atoms with van der Waals surface area (Å²) in [6.07, 6.45) is 3.41. The molecule has 106 valence electrons. The third-order valence-electron chi connectivity index (χ3n) is 3.13. The van der Waals surface area contributed by atoms with E-state index in [1.54, 1.807) is 6.20 Å². The predicted molar refractivity (Wildman–Crippen MR) is 82.3 cm³/mol. The number of hydrogen-bond donors (Lipinski definition) is 1. The van der Waals surface area contributed by atoms with Crippen LogP contribution in [0.3, 0.4) is 0 Å². The summed E-state index contributed by atoms with van der Waals surface area (Å²) in [5.41, 5.74) is 4.32. The quantitative estimate of drug-likeness (QED) is 0.913. The van der Waals surface area contributed by atoms with E-state index in [2.05, 4.69) is 24.0 Å². The van der Waals surface area contributed by atoms with Gasteiger partial charge >= 0.3 is 5.97 Å². The van der Waals surface area contributed by atoms with Crippen molar-refractivity contribution in [3.63, 3.8) is 0 Å². The van der Waals surface area contributed by atoms with E-state index < -0.39 is 5.97 Å². The average Bonchev–Trinajstić information content (AvgIpc) is 2.45. The largest absolute Gasteiger partial charge is 0.481 e. The minimum Gasteiger partial charge on any atom is -0.481 e. The van der Waals surface area contributed by atoms with E-state index in [4.69, 9.17) is 5.11 Å². The van der Waals surface area contributed by atoms with Crippen molar-refractivity contribution in [3.8, 4) is 11.3 Å². The molecule has 1 heterocycles. The van der Waals surface area contributed by atoms with Gasteiger partial charge in [-0.15, -0.1) is 12.4 Å². The van der Waals surface area contributed by atoms with Crippen molar-refractivity contribution < 1.29 is 9.90 Å². The predicted octanol–water partition coefficient (Wildman–Crippen LogP) is 3.75. The van der Waals surface area contributed by atoms with E-state index in [0.29, 0.717) is 6.42 Å². The van der Waals surface area contributed by atoms with Crippen molar-refractivity contribution in [1.29, 1.82) is 0 Å². The highest BCUT2D eigenvalue weighted by Gasteiger charge is 2.05. The Bertz CT molecular complexity index is 567. The molecule has 20 heavy (non-hydrogen) atoms. The summed E-state index contributed by atoms with van der Waals surface area (Å²) in [5.74, 6) is -0.777. The SMILES string of the molecule is CCc1ccccc1-c1ccc(CCC(=O)O)cn1.Cl. The van der Waals surface area contributed by atoms with Crippen LogP contribution < -0.4 is 0 Å². The van der Waals surface area contributed by atoms with E-state index in [0.717, 1.165) is 23.2 Å². The second-order valence-electron chi connectivity index (χ2n) is 4.46. The van der Waals surface area contributed by atoms with Gasteiger partial charge in [0, 0.05) is 18.2 Å². The lowest BCUT2D eigenvalue weighted by Gasteiger charge is -2.07. The molecule has 0 amide bonds. The second-order valence-corrected chi connectivity index (χ2v) is 4.46. The molecule has 0 atom stereocenters. The summed E-state index contributed by atoms with van der Waals surface area (Å²) in [6, 6.07) is 12.1. The number of aromatic nitrogens is 1. The van der Waals surface area contributed by atoms with Crippen LogP contribution in [-0.4, -0.2) is 16.1 Å². The van der Waals surface area contributed by atoms with Gasteiger partial charge in [0.15, 0.2) is 0 Å². The van der Waals surface area contributed by atoms with Crippen molar-refractivity contribution >= 4 is 18.4 Å². The lowest BCUT2D eigenvalue weighted by atomic mass is 10.0. The molecule has 0 aliphatic carbocycles. The number of nitrogens with zero attached hydrogens (tertiary/aromatic N) is 1. The fourth-order valence-corrected chi connectivity index (χ4v) is 2.06. The van der Waals surface area contributed by atoms with E-state index in [9.17, 15) is 4.79 Å². The monoisotopic (exact) mass is 291 g/mol. The first-order valence-corrected chi connectivity index (χ1v) is 6.45. The number of carboxylic acid groups (broad SMARTS) is 1. The number of carboxylic acids is 1. The third-order valence-corrected chi connectivity index (χ3v) is 3.13. The molecule has 0 bridgehead atoms. The molecule has 1 N–H and O–H groups in total. The Hall–Kier alpha value is -1.87. The Morgan fingerprint density at radius 2 is 1.95 bits per heavy atom. The zero-order valence-electron chi connectivity index (χ0n) is 11.4. The molecule has 2 rings (SSSR count). The second kappa shape index (κ2) is 7.65. The summed E-state index contributed by atoms with van der Waals surface area (Å²) in [7, 11) is 0. The number of carbonyl (C=O) groups is 1. The third kappa shape index (κ3) is 4.07. The first kappa shape index (κ1) is 16.2. The zero-order chi connectivity index (χ0) is 13.7. The van der Waals surface area contributed by atoms with Crippen LogP contribution in [-0.2, 0) is 17.6 Å². The molecule has 0 saturated heterocycles. The number of rotatable bonds is 5. The van der Waals surface area contributed by atoms with Gasteiger partial charge < -0.3 is 5.11 Å². The molecule has 0 unspecified atom stereocenters. The summed E-state index contributed by atoms with van der Waals surface area (Å²) in [5, 5.41) is 8.66. The first-order valence-electron chi connectivity index (χ1n) is 6.45. The maximum absolute atomic E-state index is 10.5. The van der Waals surface area contributed by atoms with E-state index in [1.807, 2.05) is 24.3 Å². The van der Waals surface area contributed by atoms with Crippen LogP contribution >= 0.6 is 12.4 Å². The van der Waals surface area contributed by atoms with Crippen LogP contribution in [0.1, 0.15) is 24.5 Å². The Kier molecular flexibility index (Phi) is 6.19. The number of hydrogen-bond acceptors (Lipinski definition) is 2. The highest BCUT2D eigenvalue weighted by molar-refractivity contribution is 5.85. The zero-order valence-corrected chi connectivity index (χ0v) is 12.2. The fraction of sp³-hybridized carbons (Fsp3) is 0.250. The molecule has 0 spiro atoms. The van der Waals surface area contributed by atoms with Gasteiger partial charge in [0.2, 0.25) is 0 Å². The minimum atomic E-state index is -0.777. The smallest absolute Gasteiger partial charge is 0.303 e. The lowest BCUT2D eigenvalue weighted by molar-refractivity contribution is -0.136. The summed E-state index contributed by atoms with van der Waals surface area (Å²) in [4.78, 5) is 15.0. The Balaban J connectivity index is 0.00000200. The van der Waals surface area contributed by atoms with Gasteiger partial charge in [-0.2, -0.15) is 0 Å². The van der Waals surface area contributed by atoms with Gasteiger partial charge in [-0.25, -0.2) is 0 Å². The molecule has 0 saturated carbocycles. The van der Waals surface area contributed by atoms with Gasteiger partial charge in [0.1, 0.15) is 0 Å². The van der Waals surface area contributed by atoms with Gasteiger partial charge in [-0.3, -0.25) is 9.78 Å². The van der Waals surface area contributed by atoms with Gasteiger partial charge in [0.05, 0.1) is 5.69 Å². The molecule has 0 aliphatic heterocycles. The van der Waals surface area contributed by atoms with Crippen molar-refractivity contribution in [2.24, 2.45) is 0 Å². The standard InChI is InChI=1S/C16H17NO2.ClH/c1-2-13-5-3-4-6-14(13)15-9-7-12(11-17-15)8-10-16(18)19;/h3-7,9,11H,2,8,10H2,1H3,(H,18,19);1H. The van der Waals surface area contributed by atoms with Crippen LogP contribution in [0.2, 0.25) is 0 Å². The molecule has 1 aromatic heterocycles. The molecule has 2 aromatic rings. The first-order chi connectivity index (χ1) is 9.20. The molecular formula is C16H18ClNO2. The van der Waals surface area contributed by atoms with Crippen LogP contribution in [0.5, 0.6) is 0 Å². The molecule has 3 nitrogen and oxygen atoms in total. The van der Waals surface area contributed by atoms with Crippen molar-refractivity contribution in [2.75, 3.05) is 0 Å². The number of benzene rings is 1. The van der Waals surface area contributed by atoms with Crippen molar-refractivity contribution in [1.82, 2.24) is 4.98 Å². The van der Waals surface area contributed by atoms with Crippen LogP contribution in [0.15, 0.2) is 42.6 Å².